The number of hydrogen-bond acceptors (Lipinski definition) is 5. The maximum Gasteiger partial charge on any atom is 0.307 e. The molecule has 0 bridgehead atoms. The molecule has 1 saturated heterocycles. The van der Waals surface area contributed by atoms with Crippen molar-refractivity contribution in [3.05, 3.63) is 35.9 Å². The Morgan fingerprint density at radius 3 is 2.56 bits per heavy atom. The third kappa shape index (κ3) is 7.23. The molecule has 0 saturated carbocycles. The molecule has 0 N–H and O–H groups in total. The first-order chi connectivity index (χ1) is 12.2. The van der Waals surface area contributed by atoms with E-state index in [4.69, 9.17) is 9.47 Å². The van der Waals surface area contributed by atoms with Crippen LogP contribution in [0.1, 0.15) is 18.4 Å². The minimum Gasteiger partial charge on any atom is -0.469 e. The second kappa shape index (κ2) is 10.8. The van der Waals surface area contributed by atoms with Crippen molar-refractivity contribution in [2.24, 2.45) is 0 Å². The fraction of sp³-hybridized carbons (Fsp3) is 0.579. The van der Waals surface area contributed by atoms with Crippen LogP contribution in [0.25, 0.3) is 0 Å². The van der Waals surface area contributed by atoms with Crippen molar-refractivity contribution in [1.29, 1.82) is 0 Å². The Hall–Kier alpha value is -1.92. The van der Waals surface area contributed by atoms with E-state index in [2.05, 4.69) is 4.90 Å². The fourth-order valence-electron chi connectivity index (χ4n) is 2.88. The number of carbonyl (C=O) groups is 2. The van der Waals surface area contributed by atoms with Gasteiger partial charge in [-0.15, -0.1) is 0 Å². The van der Waals surface area contributed by atoms with Crippen LogP contribution in [0.5, 0.6) is 0 Å². The van der Waals surface area contributed by atoms with Crippen LogP contribution in [0.3, 0.4) is 0 Å². The fourth-order valence-corrected chi connectivity index (χ4v) is 2.88. The van der Waals surface area contributed by atoms with Gasteiger partial charge in [-0.3, -0.25) is 14.5 Å². The molecular formula is C19H28N2O4. The number of methoxy groups -OCH3 is 1. The van der Waals surface area contributed by atoms with E-state index >= 15 is 0 Å². The highest BCUT2D eigenvalue weighted by atomic mass is 16.5. The number of esters is 1. The van der Waals surface area contributed by atoms with E-state index in [9.17, 15) is 9.59 Å². The number of rotatable bonds is 9. The van der Waals surface area contributed by atoms with Crippen molar-refractivity contribution in [1.82, 2.24) is 9.80 Å². The molecule has 1 aromatic rings. The predicted octanol–water partition coefficient (Wildman–Crippen LogP) is 1.34. The molecule has 1 aliphatic rings. The second-order valence-electron chi connectivity index (χ2n) is 6.18. The third-order valence-corrected chi connectivity index (χ3v) is 4.37. The molecule has 0 atom stereocenters. The smallest absolute Gasteiger partial charge is 0.307 e. The molecular weight excluding hydrogens is 320 g/mol. The lowest BCUT2D eigenvalue weighted by Gasteiger charge is -2.28. The van der Waals surface area contributed by atoms with Crippen LogP contribution >= 0.6 is 0 Å². The Labute approximate surface area is 149 Å². The summed E-state index contributed by atoms with van der Waals surface area (Å²) in [7, 11) is 1.37. The van der Waals surface area contributed by atoms with Gasteiger partial charge in [0.05, 0.1) is 33.2 Å². The first-order valence-corrected chi connectivity index (χ1v) is 8.87. The summed E-state index contributed by atoms with van der Waals surface area (Å²) in [5, 5.41) is 0. The van der Waals surface area contributed by atoms with Gasteiger partial charge >= 0.3 is 5.97 Å². The number of hydrogen-bond donors (Lipinski definition) is 0. The molecule has 0 radical (unpaired) electrons. The Kier molecular flexibility index (Phi) is 8.42. The van der Waals surface area contributed by atoms with Gasteiger partial charge in [0.2, 0.25) is 5.91 Å². The monoisotopic (exact) mass is 348 g/mol. The summed E-state index contributed by atoms with van der Waals surface area (Å²) in [6.45, 7) is 5.44. The highest BCUT2D eigenvalue weighted by molar-refractivity contribution is 5.79. The summed E-state index contributed by atoms with van der Waals surface area (Å²) in [5.74, 6) is -0.234. The van der Waals surface area contributed by atoms with Gasteiger partial charge < -0.3 is 14.4 Å². The lowest BCUT2D eigenvalue weighted by molar-refractivity contribution is -0.141. The van der Waals surface area contributed by atoms with Crippen molar-refractivity contribution in [3.8, 4) is 0 Å². The molecule has 138 valence electrons. The number of ether oxygens (including phenoxy) is 2. The van der Waals surface area contributed by atoms with Gasteiger partial charge in [-0.2, -0.15) is 0 Å². The van der Waals surface area contributed by atoms with Gasteiger partial charge in [-0.1, -0.05) is 30.3 Å². The average Bonchev–Trinajstić information content (AvgIpc) is 2.65. The van der Waals surface area contributed by atoms with Crippen molar-refractivity contribution in [2.45, 2.75) is 19.3 Å². The van der Waals surface area contributed by atoms with Gasteiger partial charge in [0, 0.05) is 32.7 Å². The third-order valence-electron chi connectivity index (χ3n) is 4.37. The lowest BCUT2D eigenvalue weighted by Crippen LogP contribution is -2.40. The first kappa shape index (κ1) is 19.4. The molecule has 0 unspecified atom stereocenters. The van der Waals surface area contributed by atoms with Gasteiger partial charge in [0.15, 0.2) is 0 Å². The zero-order valence-electron chi connectivity index (χ0n) is 15.0. The highest BCUT2D eigenvalue weighted by Crippen LogP contribution is 2.06. The van der Waals surface area contributed by atoms with Crippen LogP contribution in [0.2, 0.25) is 0 Å². The summed E-state index contributed by atoms with van der Waals surface area (Å²) in [6, 6.07) is 9.69. The zero-order chi connectivity index (χ0) is 17.9. The van der Waals surface area contributed by atoms with Crippen molar-refractivity contribution >= 4 is 11.9 Å². The number of morpholine rings is 1. The Morgan fingerprint density at radius 1 is 1.16 bits per heavy atom. The molecule has 2 rings (SSSR count). The quantitative estimate of drug-likeness (QED) is 0.631. The maximum atomic E-state index is 12.6. The number of amides is 1. The standard InChI is InChI=1S/C19H28N2O4/c1-24-19(23)8-11-21(10-5-9-20-12-14-25-15-13-20)18(22)16-17-6-3-2-4-7-17/h2-4,6-7H,5,8-16H2,1H3. The molecule has 0 aliphatic carbocycles. The lowest BCUT2D eigenvalue weighted by atomic mass is 10.1. The van der Waals surface area contributed by atoms with E-state index in [-0.39, 0.29) is 18.3 Å². The van der Waals surface area contributed by atoms with E-state index in [1.165, 1.54) is 7.11 Å². The van der Waals surface area contributed by atoms with E-state index in [0.717, 1.165) is 44.8 Å². The molecule has 0 spiro atoms. The van der Waals surface area contributed by atoms with Gasteiger partial charge in [-0.25, -0.2) is 0 Å². The van der Waals surface area contributed by atoms with Crippen LogP contribution < -0.4 is 0 Å². The molecule has 1 amide bonds. The highest BCUT2D eigenvalue weighted by Gasteiger charge is 2.17. The summed E-state index contributed by atoms with van der Waals surface area (Å²) in [4.78, 5) is 28.2. The minimum atomic E-state index is -0.286. The van der Waals surface area contributed by atoms with E-state index in [1.54, 1.807) is 4.90 Å². The van der Waals surface area contributed by atoms with E-state index in [1.807, 2.05) is 30.3 Å². The largest absolute Gasteiger partial charge is 0.469 e. The Morgan fingerprint density at radius 2 is 1.88 bits per heavy atom. The molecule has 25 heavy (non-hydrogen) atoms. The van der Waals surface area contributed by atoms with E-state index in [0.29, 0.717) is 19.5 Å². The topological polar surface area (TPSA) is 59.1 Å². The summed E-state index contributed by atoms with van der Waals surface area (Å²) < 4.78 is 10.1. The van der Waals surface area contributed by atoms with Crippen molar-refractivity contribution < 1.29 is 19.1 Å². The predicted molar refractivity (Wildman–Crippen MR) is 95.2 cm³/mol. The van der Waals surface area contributed by atoms with Crippen LogP contribution in [0, 0.1) is 0 Å². The molecule has 0 aromatic heterocycles. The van der Waals surface area contributed by atoms with Crippen molar-refractivity contribution in [2.75, 3.05) is 53.0 Å². The Balaban J connectivity index is 1.84. The summed E-state index contributed by atoms with van der Waals surface area (Å²) >= 11 is 0. The number of nitrogens with zero attached hydrogens (tertiary/aromatic N) is 2. The average molecular weight is 348 g/mol. The molecule has 1 aromatic carbocycles. The first-order valence-electron chi connectivity index (χ1n) is 8.87. The minimum absolute atomic E-state index is 0.0529. The van der Waals surface area contributed by atoms with Crippen LogP contribution in [0.4, 0.5) is 0 Å². The molecule has 1 aliphatic heterocycles. The number of carbonyl (C=O) groups excluding carboxylic acids is 2. The normalized spacial score (nSPS) is 14.9. The van der Waals surface area contributed by atoms with E-state index < -0.39 is 0 Å². The Bertz CT molecular complexity index is 529. The van der Waals surface area contributed by atoms with Crippen LogP contribution in [-0.4, -0.2) is 74.7 Å². The molecule has 1 heterocycles. The van der Waals surface area contributed by atoms with Gasteiger partial charge in [0.25, 0.3) is 0 Å². The number of benzene rings is 1. The SMILES string of the molecule is COC(=O)CCN(CCCN1CCOCC1)C(=O)Cc1ccccc1. The molecule has 6 heteroatoms. The van der Waals surface area contributed by atoms with Crippen molar-refractivity contribution in [3.63, 3.8) is 0 Å². The summed E-state index contributed by atoms with van der Waals surface area (Å²) in [5.41, 5.74) is 0.990. The van der Waals surface area contributed by atoms with Gasteiger partial charge in [-0.05, 0) is 12.0 Å². The van der Waals surface area contributed by atoms with Gasteiger partial charge in [0.1, 0.15) is 0 Å². The van der Waals surface area contributed by atoms with Crippen LogP contribution in [-0.2, 0) is 25.5 Å². The maximum absolute atomic E-state index is 12.6. The molecule has 1 fully saturated rings. The van der Waals surface area contributed by atoms with Crippen LogP contribution in [0.15, 0.2) is 30.3 Å². The summed E-state index contributed by atoms with van der Waals surface area (Å²) in [6.07, 6.45) is 1.48. The zero-order valence-corrected chi connectivity index (χ0v) is 15.0. The second-order valence-corrected chi connectivity index (χ2v) is 6.18. The molecule has 6 nitrogen and oxygen atoms in total.